The van der Waals surface area contributed by atoms with E-state index in [9.17, 15) is 0 Å². The van der Waals surface area contributed by atoms with Gasteiger partial charge in [0.25, 0.3) is 0 Å². The second-order valence-electron chi connectivity index (χ2n) is 7.24. The minimum Gasteiger partial charge on any atom is -0.371 e. The monoisotopic (exact) mass is 352 g/mol. The van der Waals surface area contributed by atoms with Crippen molar-refractivity contribution in [1.29, 1.82) is 0 Å². The molecule has 0 aromatic heterocycles. The van der Waals surface area contributed by atoms with Gasteiger partial charge in [-0.2, -0.15) is 0 Å². The molecule has 1 aromatic rings. The zero-order valence-electron chi connectivity index (χ0n) is 13.2. The number of benzene rings is 1. The van der Waals surface area contributed by atoms with Crippen molar-refractivity contribution in [2.45, 2.75) is 57.9 Å². The van der Waals surface area contributed by atoms with E-state index < -0.39 is 0 Å². The molecule has 2 bridgehead atoms. The van der Waals surface area contributed by atoms with Gasteiger partial charge in [-0.25, -0.2) is 0 Å². The lowest BCUT2D eigenvalue weighted by atomic mass is 10.1. The Morgan fingerprint density at radius 2 is 1.90 bits per heavy atom. The summed E-state index contributed by atoms with van der Waals surface area (Å²) in [6.45, 7) is 9.57. The summed E-state index contributed by atoms with van der Waals surface area (Å²) < 4.78 is 7.11. The Kier molecular flexibility index (Phi) is 4.30. The van der Waals surface area contributed by atoms with Crippen LogP contribution in [0, 0.1) is 0 Å². The van der Waals surface area contributed by atoms with Crippen LogP contribution in [0.25, 0.3) is 0 Å². The van der Waals surface area contributed by atoms with E-state index in [0.717, 1.165) is 24.1 Å². The van der Waals surface area contributed by atoms with Crippen molar-refractivity contribution in [3.63, 3.8) is 0 Å². The minimum atomic E-state index is 0.129. The van der Waals surface area contributed by atoms with E-state index >= 15 is 0 Å². The largest absolute Gasteiger partial charge is 0.371 e. The highest BCUT2D eigenvalue weighted by atomic mass is 79.9. The summed E-state index contributed by atoms with van der Waals surface area (Å²) in [6, 6.07) is 6.63. The molecule has 2 aliphatic heterocycles. The van der Waals surface area contributed by atoms with Crippen LogP contribution in [0.4, 0.5) is 5.69 Å². The number of fused-ring (bicyclic) bond motifs is 2. The van der Waals surface area contributed by atoms with Crippen LogP contribution in [-0.2, 0) is 11.3 Å². The summed E-state index contributed by atoms with van der Waals surface area (Å²) in [7, 11) is 0. The van der Waals surface area contributed by atoms with Gasteiger partial charge < -0.3 is 15.0 Å². The molecule has 3 nitrogen and oxygen atoms in total. The van der Waals surface area contributed by atoms with Crippen molar-refractivity contribution in [3.8, 4) is 0 Å². The molecule has 0 amide bonds. The van der Waals surface area contributed by atoms with E-state index in [-0.39, 0.29) is 5.54 Å². The first-order valence-corrected chi connectivity index (χ1v) is 8.64. The Bertz CT molecular complexity index is 500. The summed E-state index contributed by atoms with van der Waals surface area (Å²) in [5.74, 6) is 0. The molecule has 4 heteroatoms. The molecule has 2 atom stereocenters. The standard InChI is InChI=1S/C17H25BrN2O/c1-17(2,3)19-9-12-8-13(18)4-7-16(12)20-10-14-5-6-15(11-20)21-14/h4,7-8,14-15,19H,5-6,9-11H2,1-3H3. The molecule has 2 unspecified atom stereocenters. The van der Waals surface area contributed by atoms with Crippen LogP contribution in [0.2, 0.25) is 0 Å². The average Bonchev–Trinajstić information content (AvgIpc) is 2.74. The van der Waals surface area contributed by atoms with Gasteiger partial charge in [0.05, 0.1) is 12.2 Å². The Balaban J connectivity index is 1.80. The van der Waals surface area contributed by atoms with Crippen molar-refractivity contribution in [3.05, 3.63) is 28.2 Å². The van der Waals surface area contributed by atoms with E-state index in [4.69, 9.17) is 4.74 Å². The third-order valence-corrected chi connectivity index (χ3v) is 4.73. The van der Waals surface area contributed by atoms with E-state index in [1.54, 1.807) is 0 Å². The van der Waals surface area contributed by atoms with Gasteiger partial charge in [-0.05, 0) is 57.4 Å². The van der Waals surface area contributed by atoms with Crippen molar-refractivity contribution in [2.24, 2.45) is 0 Å². The number of anilines is 1. The van der Waals surface area contributed by atoms with Crippen LogP contribution in [0.3, 0.4) is 0 Å². The molecule has 2 fully saturated rings. The van der Waals surface area contributed by atoms with Crippen molar-refractivity contribution < 1.29 is 4.74 Å². The molecular formula is C17H25BrN2O. The molecule has 0 spiro atoms. The number of hydrogen-bond acceptors (Lipinski definition) is 3. The quantitative estimate of drug-likeness (QED) is 0.897. The average molecular weight is 353 g/mol. The summed E-state index contributed by atoms with van der Waals surface area (Å²) in [5.41, 5.74) is 2.85. The number of rotatable bonds is 3. The van der Waals surface area contributed by atoms with Crippen molar-refractivity contribution in [2.75, 3.05) is 18.0 Å². The number of nitrogens with zero attached hydrogens (tertiary/aromatic N) is 1. The van der Waals surface area contributed by atoms with Gasteiger partial charge in [0.15, 0.2) is 0 Å². The summed E-state index contributed by atoms with van der Waals surface area (Å²) in [6.07, 6.45) is 3.28. The number of halogens is 1. The predicted molar refractivity (Wildman–Crippen MR) is 90.8 cm³/mol. The summed E-state index contributed by atoms with van der Waals surface area (Å²) in [5, 5.41) is 3.60. The van der Waals surface area contributed by atoms with Crippen molar-refractivity contribution in [1.82, 2.24) is 5.32 Å². The van der Waals surface area contributed by atoms with E-state index in [0.29, 0.717) is 12.2 Å². The van der Waals surface area contributed by atoms with Crippen molar-refractivity contribution >= 4 is 21.6 Å². The zero-order chi connectivity index (χ0) is 15.0. The van der Waals surface area contributed by atoms with Gasteiger partial charge in [0, 0.05) is 35.3 Å². The molecule has 3 rings (SSSR count). The molecular weight excluding hydrogens is 328 g/mol. The fourth-order valence-electron chi connectivity index (χ4n) is 3.18. The highest BCUT2D eigenvalue weighted by Gasteiger charge is 2.34. The maximum atomic E-state index is 5.96. The SMILES string of the molecule is CC(C)(C)NCc1cc(Br)ccc1N1CC2CCC(C1)O2. The van der Waals surface area contributed by atoms with Crippen LogP contribution in [0.1, 0.15) is 39.2 Å². The summed E-state index contributed by atoms with van der Waals surface area (Å²) >= 11 is 3.61. The first-order chi connectivity index (χ1) is 9.90. The topological polar surface area (TPSA) is 24.5 Å². The van der Waals surface area contributed by atoms with Crippen LogP contribution in [-0.4, -0.2) is 30.8 Å². The van der Waals surface area contributed by atoms with Gasteiger partial charge in [-0.15, -0.1) is 0 Å². The second-order valence-corrected chi connectivity index (χ2v) is 8.15. The number of ether oxygens (including phenoxy) is 1. The Hall–Kier alpha value is -0.580. The first-order valence-electron chi connectivity index (χ1n) is 7.84. The zero-order valence-corrected chi connectivity index (χ0v) is 14.7. The normalized spacial score (nSPS) is 25.4. The lowest BCUT2D eigenvalue weighted by molar-refractivity contribution is 0.0304. The Labute approximate surface area is 136 Å². The molecule has 21 heavy (non-hydrogen) atoms. The number of nitrogens with one attached hydrogen (secondary N) is 1. The molecule has 116 valence electrons. The third kappa shape index (κ3) is 3.79. The lowest BCUT2D eigenvalue weighted by Crippen LogP contribution is -2.43. The van der Waals surface area contributed by atoms with Gasteiger partial charge in [-0.1, -0.05) is 15.9 Å². The van der Waals surface area contributed by atoms with Gasteiger partial charge in [-0.3, -0.25) is 0 Å². The highest BCUT2D eigenvalue weighted by Crippen LogP contribution is 2.32. The number of hydrogen-bond donors (Lipinski definition) is 1. The molecule has 2 aliphatic rings. The van der Waals surface area contributed by atoms with Crippen LogP contribution in [0.15, 0.2) is 22.7 Å². The summed E-state index contributed by atoms with van der Waals surface area (Å²) in [4.78, 5) is 2.51. The Morgan fingerprint density at radius 1 is 1.24 bits per heavy atom. The fourth-order valence-corrected chi connectivity index (χ4v) is 3.58. The third-order valence-electron chi connectivity index (χ3n) is 4.23. The smallest absolute Gasteiger partial charge is 0.0755 e. The molecule has 1 N–H and O–H groups in total. The Morgan fingerprint density at radius 3 is 2.52 bits per heavy atom. The minimum absolute atomic E-state index is 0.129. The highest BCUT2D eigenvalue weighted by molar-refractivity contribution is 9.10. The van der Waals surface area contributed by atoms with Gasteiger partial charge in [0.2, 0.25) is 0 Å². The van der Waals surface area contributed by atoms with Gasteiger partial charge in [0.1, 0.15) is 0 Å². The molecule has 2 saturated heterocycles. The van der Waals surface area contributed by atoms with Crippen LogP contribution < -0.4 is 10.2 Å². The number of morpholine rings is 1. The van der Waals surface area contributed by atoms with E-state index in [1.165, 1.54) is 24.1 Å². The fraction of sp³-hybridized carbons (Fsp3) is 0.647. The van der Waals surface area contributed by atoms with Crippen LogP contribution >= 0.6 is 15.9 Å². The first kappa shape index (κ1) is 15.3. The molecule has 0 saturated carbocycles. The molecule has 2 heterocycles. The molecule has 1 aromatic carbocycles. The van der Waals surface area contributed by atoms with E-state index in [2.05, 4.69) is 65.1 Å². The molecule has 0 radical (unpaired) electrons. The van der Waals surface area contributed by atoms with Crippen LogP contribution in [0.5, 0.6) is 0 Å². The molecule has 0 aliphatic carbocycles. The van der Waals surface area contributed by atoms with Gasteiger partial charge >= 0.3 is 0 Å². The van der Waals surface area contributed by atoms with E-state index in [1.807, 2.05) is 0 Å². The lowest BCUT2D eigenvalue weighted by Gasteiger charge is -2.35. The maximum Gasteiger partial charge on any atom is 0.0755 e. The maximum absolute atomic E-state index is 5.96. The predicted octanol–water partition coefficient (Wildman–Crippen LogP) is 3.70. The second kappa shape index (κ2) is 5.90.